The van der Waals surface area contributed by atoms with E-state index in [1.54, 1.807) is 24.3 Å². The molecule has 19 atom stereocenters. The normalized spacial score (nSPS) is 40.3. The summed E-state index contributed by atoms with van der Waals surface area (Å²) in [5.74, 6) is 0.219. The van der Waals surface area contributed by atoms with Crippen LogP contribution in [0, 0.1) is 11.8 Å². The largest absolute Gasteiger partial charge is 0.493 e. The Balaban J connectivity index is 1.06. The van der Waals surface area contributed by atoms with Gasteiger partial charge in [-0.15, -0.1) is 0 Å². The summed E-state index contributed by atoms with van der Waals surface area (Å²) in [6.45, 7) is -1.37. The average molecular weight is 905 g/mol. The van der Waals surface area contributed by atoms with Gasteiger partial charge < -0.3 is 113 Å². The SMILES string of the molecule is COc1cc(C2OCC3C(c4cc(OC)c(O[C@@H]5O[C@H](CO[C@@H]6O[C@H](CO)[C@@H](O)[C@H](O)[C@H]6O)[C@@H](O)[C@H](O)[C@H]5O)c(OC)c4)OCC23)cc(OC)c1O[C@@H]1O[C@H](CO)[C@@H](O)[C@H](O)[C@H]1O. The molecule has 0 bridgehead atoms. The number of aliphatic hydroxyl groups is 11. The number of rotatable bonds is 15. The summed E-state index contributed by atoms with van der Waals surface area (Å²) in [4.78, 5) is 0. The Hall–Kier alpha value is -3.44. The van der Waals surface area contributed by atoms with Gasteiger partial charge in [-0.1, -0.05) is 0 Å². The maximum atomic E-state index is 10.9. The van der Waals surface area contributed by atoms with E-state index in [-0.39, 0.29) is 59.5 Å². The van der Waals surface area contributed by atoms with Gasteiger partial charge in [0.2, 0.25) is 24.1 Å². The van der Waals surface area contributed by atoms with E-state index in [1.807, 2.05) is 0 Å². The first-order valence-corrected chi connectivity index (χ1v) is 20.2. The van der Waals surface area contributed by atoms with E-state index < -0.39 is 124 Å². The molecule has 7 rings (SSSR count). The first-order chi connectivity index (χ1) is 30.2. The maximum Gasteiger partial charge on any atom is 0.229 e. The minimum atomic E-state index is -1.81. The van der Waals surface area contributed by atoms with E-state index in [0.717, 1.165) is 0 Å². The Morgan fingerprint density at radius 2 is 0.794 bits per heavy atom. The highest BCUT2D eigenvalue weighted by molar-refractivity contribution is 5.56. The molecular formula is C40H56O23. The van der Waals surface area contributed by atoms with Crippen LogP contribution in [0.5, 0.6) is 34.5 Å². The lowest BCUT2D eigenvalue weighted by Crippen LogP contribution is -2.62. The molecule has 11 N–H and O–H groups in total. The van der Waals surface area contributed by atoms with Crippen molar-refractivity contribution in [3.05, 3.63) is 35.4 Å². The predicted molar refractivity (Wildman–Crippen MR) is 205 cm³/mol. The van der Waals surface area contributed by atoms with Gasteiger partial charge >= 0.3 is 0 Å². The number of hydrogen-bond acceptors (Lipinski definition) is 23. The van der Waals surface area contributed by atoms with Gasteiger partial charge in [-0.3, -0.25) is 0 Å². The molecule has 0 saturated carbocycles. The minimum Gasteiger partial charge on any atom is -0.493 e. The molecule has 5 fully saturated rings. The summed E-state index contributed by atoms with van der Waals surface area (Å²) in [6.07, 6.45) is -24.9. The number of fused-ring (bicyclic) bond motifs is 1. The summed E-state index contributed by atoms with van der Waals surface area (Å²) >= 11 is 0. The van der Waals surface area contributed by atoms with Crippen LogP contribution in [-0.2, 0) is 28.4 Å². The summed E-state index contributed by atoms with van der Waals surface area (Å²) in [6, 6.07) is 6.64. The van der Waals surface area contributed by atoms with Gasteiger partial charge in [0.05, 0.1) is 73.7 Å². The van der Waals surface area contributed by atoms with Gasteiger partial charge in [0.1, 0.15) is 73.2 Å². The lowest BCUT2D eigenvalue weighted by molar-refractivity contribution is -0.323. The fourth-order valence-corrected chi connectivity index (χ4v) is 8.54. The van der Waals surface area contributed by atoms with E-state index >= 15 is 0 Å². The Labute approximate surface area is 360 Å². The third kappa shape index (κ3) is 9.09. The van der Waals surface area contributed by atoms with Crippen LogP contribution in [0.1, 0.15) is 23.3 Å². The third-order valence-corrected chi connectivity index (χ3v) is 12.1. The molecule has 63 heavy (non-hydrogen) atoms. The van der Waals surface area contributed by atoms with Crippen molar-refractivity contribution in [1.82, 2.24) is 0 Å². The fourth-order valence-electron chi connectivity index (χ4n) is 8.54. The van der Waals surface area contributed by atoms with Crippen LogP contribution in [0.15, 0.2) is 24.3 Å². The first-order valence-electron chi connectivity index (χ1n) is 20.2. The van der Waals surface area contributed by atoms with Crippen molar-refractivity contribution in [3.8, 4) is 34.5 Å². The molecule has 5 saturated heterocycles. The van der Waals surface area contributed by atoms with Crippen molar-refractivity contribution >= 4 is 0 Å². The highest BCUT2D eigenvalue weighted by atomic mass is 16.7. The quantitative estimate of drug-likeness (QED) is 0.0811. The zero-order valence-corrected chi connectivity index (χ0v) is 34.6. The second kappa shape index (κ2) is 20.0. The number of benzene rings is 2. The molecular weight excluding hydrogens is 848 g/mol. The smallest absolute Gasteiger partial charge is 0.229 e. The summed E-state index contributed by atoms with van der Waals surface area (Å²) < 4.78 is 69.6. The average Bonchev–Trinajstić information content (AvgIpc) is 3.91. The molecule has 0 aliphatic carbocycles. The molecule has 0 amide bonds. The molecule has 354 valence electrons. The van der Waals surface area contributed by atoms with Crippen LogP contribution in [-0.4, -0.2) is 210 Å². The highest BCUT2D eigenvalue weighted by Crippen LogP contribution is 2.54. The predicted octanol–water partition coefficient (Wildman–Crippen LogP) is -4.02. The van der Waals surface area contributed by atoms with Gasteiger partial charge in [-0.25, -0.2) is 0 Å². The maximum absolute atomic E-state index is 10.9. The van der Waals surface area contributed by atoms with Crippen LogP contribution in [0.3, 0.4) is 0 Å². The molecule has 2 aromatic rings. The van der Waals surface area contributed by atoms with Crippen molar-refractivity contribution in [2.24, 2.45) is 11.8 Å². The Kier molecular flexibility index (Phi) is 15.1. The Bertz CT molecular complexity index is 1780. The minimum absolute atomic E-state index is 0.0263. The lowest BCUT2D eigenvalue weighted by Gasteiger charge is -2.42. The van der Waals surface area contributed by atoms with Gasteiger partial charge in [0.25, 0.3) is 0 Å². The monoisotopic (exact) mass is 904 g/mol. The number of hydrogen-bond donors (Lipinski definition) is 11. The summed E-state index contributed by atoms with van der Waals surface area (Å²) in [7, 11) is 5.54. The van der Waals surface area contributed by atoms with E-state index in [2.05, 4.69) is 0 Å². The van der Waals surface area contributed by atoms with Gasteiger partial charge in [-0.2, -0.15) is 0 Å². The molecule has 5 aliphatic heterocycles. The fraction of sp³-hybridized carbons (Fsp3) is 0.700. The zero-order chi connectivity index (χ0) is 45.4. The van der Waals surface area contributed by atoms with Crippen molar-refractivity contribution in [1.29, 1.82) is 0 Å². The second-order valence-electron chi connectivity index (χ2n) is 15.8. The van der Waals surface area contributed by atoms with Crippen LogP contribution in [0.25, 0.3) is 0 Å². The van der Waals surface area contributed by atoms with Crippen LogP contribution < -0.4 is 28.4 Å². The number of ether oxygens (including phenoxy) is 12. The first kappa shape index (κ1) is 47.5. The number of aliphatic hydroxyl groups excluding tert-OH is 11. The Morgan fingerprint density at radius 3 is 1.16 bits per heavy atom. The standard InChI is InChI=1S/C40H56O23/c1-52-18-5-14(6-19(53-2)36(18)62-39-32(50)29(47)26(44)23(10-42)60-39)34-16-11-57-35(17(16)12-56-34)15-7-20(54-3)37(21(8-15)55-4)63-40-33(51)30(48)27(45)24(61-40)13-58-38-31(49)28(46)25(43)22(9-41)59-38/h5-8,16-17,22-35,38-51H,9-13H2,1-4H3/t16?,17?,22-,23-,24-,25-,26-,27-,28+,29+,30+,31-,32-,33-,34?,35?,38-,39+,40+/m1/s1. The molecule has 23 nitrogen and oxygen atoms in total. The molecule has 2 aromatic carbocycles. The molecule has 23 heteroatoms. The topological polar surface area (TPSA) is 333 Å². The summed E-state index contributed by atoms with van der Waals surface area (Å²) in [5, 5.41) is 113. The van der Waals surface area contributed by atoms with Crippen molar-refractivity contribution in [2.45, 2.75) is 104 Å². The molecule has 5 heterocycles. The summed E-state index contributed by atoms with van der Waals surface area (Å²) in [5.41, 5.74) is 1.27. The molecule has 4 unspecified atom stereocenters. The molecule has 0 spiro atoms. The van der Waals surface area contributed by atoms with E-state index in [4.69, 9.17) is 56.8 Å². The molecule has 0 aromatic heterocycles. The van der Waals surface area contributed by atoms with Crippen molar-refractivity contribution < 1.29 is 113 Å². The zero-order valence-electron chi connectivity index (χ0n) is 34.6. The second-order valence-corrected chi connectivity index (χ2v) is 15.8. The van der Waals surface area contributed by atoms with E-state index in [1.165, 1.54) is 28.4 Å². The van der Waals surface area contributed by atoms with E-state index in [0.29, 0.717) is 11.1 Å². The Morgan fingerprint density at radius 1 is 0.460 bits per heavy atom. The van der Waals surface area contributed by atoms with Crippen molar-refractivity contribution in [2.75, 3.05) is 61.5 Å². The third-order valence-electron chi connectivity index (χ3n) is 12.1. The number of methoxy groups -OCH3 is 4. The van der Waals surface area contributed by atoms with Gasteiger partial charge in [-0.05, 0) is 35.4 Å². The lowest BCUT2D eigenvalue weighted by atomic mass is 9.84. The van der Waals surface area contributed by atoms with Gasteiger partial charge in [0.15, 0.2) is 29.3 Å². The van der Waals surface area contributed by atoms with E-state index in [9.17, 15) is 56.2 Å². The van der Waals surface area contributed by atoms with Crippen molar-refractivity contribution in [3.63, 3.8) is 0 Å². The highest BCUT2D eigenvalue weighted by Gasteiger charge is 2.51. The van der Waals surface area contributed by atoms with Crippen LogP contribution in [0.2, 0.25) is 0 Å². The molecule has 0 radical (unpaired) electrons. The molecule has 5 aliphatic rings. The van der Waals surface area contributed by atoms with Crippen LogP contribution in [0.4, 0.5) is 0 Å². The van der Waals surface area contributed by atoms with Crippen LogP contribution >= 0.6 is 0 Å². The van der Waals surface area contributed by atoms with Gasteiger partial charge in [0, 0.05) is 11.8 Å².